The molecule has 0 unspecified atom stereocenters. The topological polar surface area (TPSA) is 66.2 Å². The lowest BCUT2D eigenvalue weighted by Crippen LogP contribution is -2.60. The van der Waals surface area contributed by atoms with E-state index in [0.717, 1.165) is 19.4 Å². The molecule has 3 aliphatic heterocycles. The van der Waals surface area contributed by atoms with Crippen molar-refractivity contribution >= 4 is 45.0 Å². The number of aromatic nitrogens is 2. The number of ether oxygens (including phenoxy) is 1. The normalized spacial score (nSPS) is 24.0. The zero-order valence-corrected chi connectivity index (χ0v) is 27.5. The Hall–Kier alpha value is -4.47. The summed E-state index contributed by atoms with van der Waals surface area (Å²) < 4.78 is 67.9. The van der Waals surface area contributed by atoms with E-state index in [2.05, 4.69) is 26.3 Å². The summed E-state index contributed by atoms with van der Waals surface area (Å²) in [5.41, 5.74) is -0.833. The number of fused-ring (bicyclic) bond motifs is 3. The standard InChI is InChI=1S/C36H33ClF4N6O2/c1-20-16-47(34(48)21(2)38)24(15-42-3)18-46(20)33-26-13-28(40)30(25-9-4-7-22-8-5-10-27(37)29(22)25)31(41)32(26)43-35(44-33)49-19-36-11-6-12-45(36)17-23(39)14-36/h4-5,7-10,13,20,23-24H,2,6,11-12,14-19H2,1H3/t20-,23+,24-,36-/m0/s1. The first kappa shape index (κ1) is 33.0. The van der Waals surface area contributed by atoms with Crippen molar-refractivity contribution in [2.75, 3.05) is 44.2 Å². The van der Waals surface area contributed by atoms with Gasteiger partial charge in [0.15, 0.2) is 11.6 Å². The number of amides is 1. The van der Waals surface area contributed by atoms with Crippen LogP contribution in [0.15, 0.2) is 54.9 Å². The molecule has 0 radical (unpaired) electrons. The fourth-order valence-electron chi connectivity index (χ4n) is 7.84. The molecule has 0 N–H and O–H groups in total. The lowest BCUT2D eigenvalue weighted by molar-refractivity contribution is -0.131. The van der Waals surface area contributed by atoms with Gasteiger partial charge in [0.1, 0.15) is 36.0 Å². The quantitative estimate of drug-likeness (QED) is 0.117. The maximum atomic E-state index is 16.9. The Morgan fingerprint density at radius 2 is 1.96 bits per heavy atom. The Labute approximate surface area is 285 Å². The highest BCUT2D eigenvalue weighted by molar-refractivity contribution is 6.36. The molecule has 0 aliphatic carbocycles. The van der Waals surface area contributed by atoms with Gasteiger partial charge in [-0.1, -0.05) is 48.5 Å². The number of carbonyl (C=O) groups excluding carboxylic acids is 1. The van der Waals surface area contributed by atoms with Gasteiger partial charge in [0, 0.05) is 47.9 Å². The van der Waals surface area contributed by atoms with Gasteiger partial charge in [-0.2, -0.15) is 9.97 Å². The Kier molecular flexibility index (Phi) is 8.61. The summed E-state index contributed by atoms with van der Waals surface area (Å²) in [4.78, 5) is 30.3. The van der Waals surface area contributed by atoms with E-state index in [-0.39, 0.29) is 60.1 Å². The van der Waals surface area contributed by atoms with E-state index in [4.69, 9.17) is 22.9 Å². The molecule has 4 heterocycles. The first-order valence-electron chi connectivity index (χ1n) is 16.2. The molecule has 0 spiro atoms. The molecule has 7 rings (SSSR count). The van der Waals surface area contributed by atoms with Gasteiger partial charge in [0.05, 0.1) is 11.1 Å². The van der Waals surface area contributed by atoms with E-state index < -0.39 is 47.2 Å². The number of halogens is 5. The van der Waals surface area contributed by atoms with Crippen LogP contribution in [0, 0.1) is 18.2 Å². The fraction of sp³-hybridized carbons (Fsp3) is 0.389. The van der Waals surface area contributed by atoms with Crippen LogP contribution in [0.5, 0.6) is 6.01 Å². The second kappa shape index (κ2) is 12.8. The summed E-state index contributed by atoms with van der Waals surface area (Å²) in [5.74, 6) is -3.76. The van der Waals surface area contributed by atoms with Crippen molar-refractivity contribution in [2.24, 2.45) is 0 Å². The van der Waals surface area contributed by atoms with Gasteiger partial charge in [-0.3, -0.25) is 9.69 Å². The molecule has 254 valence electrons. The van der Waals surface area contributed by atoms with Crippen LogP contribution in [0.3, 0.4) is 0 Å². The maximum absolute atomic E-state index is 16.9. The van der Waals surface area contributed by atoms with Gasteiger partial charge < -0.3 is 19.4 Å². The smallest absolute Gasteiger partial charge is 0.319 e. The third kappa shape index (κ3) is 5.72. The summed E-state index contributed by atoms with van der Waals surface area (Å²) in [6.45, 7) is 13.4. The second-order valence-corrected chi connectivity index (χ2v) is 13.5. The average Bonchev–Trinajstić information content (AvgIpc) is 3.60. The van der Waals surface area contributed by atoms with Gasteiger partial charge >= 0.3 is 6.01 Å². The zero-order valence-electron chi connectivity index (χ0n) is 26.7. The van der Waals surface area contributed by atoms with Crippen molar-refractivity contribution in [3.8, 4) is 17.1 Å². The number of alkyl halides is 1. The summed E-state index contributed by atoms with van der Waals surface area (Å²) in [6.07, 6.45) is 0.917. The number of anilines is 1. The molecular formula is C36H33ClF4N6O2. The minimum atomic E-state index is -1.15. The molecule has 3 fully saturated rings. The summed E-state index contributed by atoms with van der Waals surface area (Å²) in [5, 5.41) is 1.54. The van der Waals surface area contributed by atoms with Crippen LogP contribution < -0.4 is 9.64 Å². The molecule has 3 saturated heterocycles. The third-order valence-corrected chi connectivity index (χ3v) is 10.4. The van der Waals surface area contributed by atoms with Crippen LogP contribution in [-0.4, -0.2) is 88.8 Å². The molecule has 0 bridgehead atoms. The van der Waals surface area contributed by atoms with E-state index in [0.29, 0.717) is 28.8 Å². The van der Waals surface area contributed by atoms with E-state index in [1.54, 1.807) is 48.2 Å². The first-order valence-corrected chi connectivity index (χ1v) is 16.5. The predicted molar refractivity (Wildman–Crippen MR) is 180 cm³/mol. The maximum Gasteiger partial charge on any atom is 0.319 e. The zero-order chi connectivity index (χ0) is 34.6. The van der Waals surface area contributed by atoms with Crippen LogP contribution >= 0.6 is 11.6 Å². The van der Waals surface area contributed by atoms with Crippen LogP contribution in [0.1, 0.15) is 26.2 Å². The summed E-state index contributed by atoms with van der Waals surface area (Å²) in [6, 6.07) is 9.99. The molecule has 1 amide bonds. The molecule has 13 heteroatoms. The minimum absolute atomic E-state index is 0.00282. The SMILES string of the molecule is [C-]#[N+]C[C@H]1CN(c2nc(OC[C@@]34CCCN3C[C@H](F)C4)nc3c(F)c(-c4cccc5cccc(Cl)c45)c(F)cc23)[C@@H](C)CN1C(=O)C(=C)F. The number of hydrogen-bond acceptors (Lipinski definition) is 6. The highest BCUT2D eigenvalue weighted by atomic mass is 35.5. The minimum Gasteiger partial charge on any atom is -0.461 e. The van der Waals surface area contributed by atoms with Crippen molar-refractivity contribution in [1.82, 2.24) is 19.8 Å². The number of benzene rings is 3. The second-order valence-electron chi connectivity index (χ2n) is 13.1. The molecule has 8 nitrogen and oxygen atoms in total. The van der Waals surface area contributed by atoms with Crippen molar-refractivity contribution in [3.63, 3.8) is 0 Å². The average molecular weight is 693 g/mol. The van der Waals surface area contributed by atoms with Crippen LogP contribution in [0.2, 0.25) is 5.02 Å². The van der Waals surface area contributed by atoms with Crippen molar-refractivity contribution < 1.29 is 27.1 Å². The highest BCUT2D eigenvalue weighted by Crippen LogP contribution is 2.43. The lowest BCUT2D eigenvalue weighted by Gasteiger charge is -2.44. The molecule has 3 aromatic carbocycles. The Morgan fingerprint density at radius 1 is 1.18 bits per heavy atom. The van der Waals surface area contributed by atoms with Crippen LogP contribution in [0.25, 0.3) is 37.6 Å². The number of rotatable bonds is 7. The predicted octanol–water partition coefficient (Wildman–Crippen LogP) is 7.14. The summed E-state index contributed by atoms with van der Waals surface area (Å²) >= 11 is 6.55. The summed E-state index contributed by atoms with van der Waals surface area (Å²) in [7, 11) is 0. The molecule has 1 aromatic heterocycles. The largest absolute Gasteiger partial charge is 0.461 e. The molecule has 4 atom stereocenters. The van der Waals surface area contributed by atoms with E-state index >= 15 is 8.78 Å². The molecule has 4 aromatic rings. The number of carbonyl (C=O) groups is 1. The Morgan fingerprint density at radius 3 is 2.71 bits per heavy atom. The van der Waals surface area contributed by atoms with E-state index in [9.17, 15) is 13.6 Å². The number of hydrogen-bond donors (Lipinski definition) is 0. The lowest BCUT2D eigenvalue weighted by atomic mass is 9.95. The Balaban J connectivity index is 1.38. The van der Waals surface area contributed by atoms with E-state index in [1.165, 1.54) is 11.0 Å². The van der Waals surface area contributed by atoms with Gasteiger partial charge in [-0.25, -0.2) is 24.1 Å². The van der Waals surface area contributed by atoms with Gasteiger partial charge in [0.25, 0.3) is 5.91 Å². The van der Waals surface area contributed by atoms with Gasteiger partial charge in [0.2, 0.25) is 6.54 Å². The van der Waals surface area contributed by atoms with Crippen molar-refractivity contribution in [3.05, 3.63) is 82.9 Å². The van der Waals surface area contributed by atoms with E-state index in [1.807, 2.05) is 0 Å². The molecular weight excluding hydrogens is 660 g/mol. The van der Waals surface area contributed by atoms with Crippen molar-refractivity contribution in [2.45, 2.75) is 50.0 Å². The first-order chi connectivity index (χ1) is 23.5. The number of piperazine rings is 1. The van der Waals surface area contributed by atoms with Crippen LogP contribution in [0.4, 0.5) is 23.4 Å². The molecule has 3 aliphatic rings. The number of nitrogens with zero attached hydrogens (tertiary/aromatic N) is 6. The molecule has 49 heavy (non-hydrogen) atoms. The van der Waals surface area contributed by atoms with Crippen LogP contribution in [-0.2, 0) is 4.79 Å². The van der Waals surface area contributed by atoms with Gasteiger partial charge in [-0.05, 0) is 49.4 Å². The fourth-order valence-corrected chi connectivity index (χ4v) is 8.12. The third-order valence-electron chi connectivity index (χ3n) is 10.1. The monoisotopic (exact) mass is 692 g/mol. The molecule has 0 saturated carbocycles. The Bertz CT molecular complexity index is 2040. The van der Waals surface area contributed by atoms with Crippen molar-refractivity contribution in [1.29, 1.82) is 0 Å². The van der Waals surface area contributed by atoms with Gasteiger partial charge in [-0.15, -0.1) is 0 Å². The highest BCUT2D eigenvalue weighted by Gasteiger charge is 2.49.